The summed E-state index contributed by atoms with van der Waals surface area (Å²) in [6.07, 6.45) is 0. The number of aromatic nitrogens is 1. The van der Waals surface area contributed by atoms with Gasteiger partial charge in [-0.05, 0) is 43.8 Å². The standard InChI is InChI=1S/C28H34N4O4/c1-20-24(28(34)31-17-15-30(4)16-18-31)32(22-11-13-23(35-5)14-12-22)25(27(33)29(2)3)26(20)36-19-21-9-7-6-8-10-21/h6-14H,15-19H2,1-5H3. The van der Waals surface area contributed by atoms with Crippen molar-refractivity contribution < 1.29 is 19.1 Å². The normalized spacial score (nSPS) is 14.0. The van der Waals surface area contributed by atoms with Gasteiger partial charge in [-0.2, -0.15) is 0 Å². The lowest BCUT2D eigenvalue weighted by Crippen LogP contribution is -2.47. The molecule has 0 bridgehead atoms. The van der Waals surface area contributed by atoms with Crippen molar-refractivity contribution in [2.24, 2.45) is 0 Å². The fourth-order valence-electron chi connectivity index (χ4n) is 4.38. The van der Waals surface area contributed by atoms with Crippen LogP contribution in [0.3, 0.4) is 0 Å². The Balaban J connectivity index is 1.88. The monoisotopic (exact) mass is 490 g/mol. The zero-order valence-corrected chi connectivity index (χ0v) is 21.7. The molecule has 8 heteroatoms. The van der Waals surface area contributed by atoms with Crippen LogP contribution in [0.4, 0.5) is 0 Å². The number of methoxy groups -OCH3 is 1. The summed E-state index contributed by atoms with van der Waals surface area (Å²) in [5, 5.41) is 0. The Bertz CT molecular complexity index is 1210. The summed E-state index contributed by atoms with van der Waals surface area (Å²) >= 11 is 0. The number of hydrogen-bond acceptors (Lipinski definition) is 5. The first-order chi connectivity index (χ1) is 17.3. The van der Waals surface area contributed by atoms with E-state index in [1.54, 1.807) is 25.8 Å². The number of benzene rings is 2. The highest BCUT2D eigenvalue weighted by atomic mass is 16.5. The van der Waals surface area contributed by atoms with Crippen LogP contribution in [-0.2, 0) is 6.61 Å². The van der Waals surface area contributed by atoms with E-state index in [0.717, 1.165) is 18.7 Å². The van der Waals surface area contributed by atoms with Gasteiger partial charge in [-0.15, -0.1) is 0 Å². The third-order valence-electron chi connectivity index (χ3n) is 6.52. The first-order valence-electron chi connectivity index (χ1n) is 12.1. The number of piperazine rings is 1. The molecule has 190 valence electrons. The van der Waals surface area contributed by atoms with Crippen LogP contribution in [-0.4, -0.2) is 85.5 Å². The Morgan fingerprint density at radius 1 is 0.917 bits per heavy atom. The van der Waals surface area contributed by atoms with Crippen molar-refractivity contribution in [2.45, 2.75) is 13.5 Å². The van der Waals surface area contributed by atoms with Gasteiger partial charge < -0.3 is 24.2 Å². The molecule has 1 aromatic heterocycles. The minimum atomic E-state index is -0.241. The van der Waals surface area contributed by atoms with Gasteiger partial charge in [-0.3, -0.25) is 14.2 Å². The van der Waals surface area contributed by atoms with Crippen LogP contribution in [0.15, 0.2) is 54.6 Å². The molecule has 2 amide bonds. The largest absolute Gasteiger partial charge is 0.497 e. The first-order valence-corrected chi connectivity index (χ1v) is 12.1. The number of carbonyl (C=O) groups is 2. The topological polar surface area (TPSA) is 67.2 Å². The molecule has 0 N–H and O–H groups in total. The van der Waals surface area contributed by atoms with E-state index in [9.17, 15) is 9.59 Å². The fourth-order valence-corrected chi connectivity index (χ4v) is 4.38. The van der Waals surface area contributed by atoms with Gasteiger partial charge in [-0.25, -0.2) is 0 Å². The molecular formula is C28H34N4O4. The summed E-state index contributed by atoms with van der Waals surface area (Å²) in [6, 6.07) is 17.1. The number of ether oxygens (including phenoxy) is 2. The molecule has 3 aromatic rings. The Kier molecular flexibility index (Phi) is 7.64. The maximum absolute atomic E-state index is 14.0. The average molecular weight is 491 g/mol. The molecule has 36 heavy (non-hydrogen) atoms. The van der Waals surface area contributed by atoms with Gasteiger partial charge >= 0.3 is 0 Å². The van der Waals surface area contributed by atoms with E-state index in [1.165, 1.54) is 4.90 Å². The van der Waals surface area contributed by atoms with Crippen molar-refractivity contribution in [1.29, 1.82) is 0 Å². The molecular weight excluding hydrogens is 456 g/mol. The molecule has 0 spiro atoms. The lowest BCUT2D eigenvalue weighted by molar-refractivity contribution is 0.0655. The van der Waals surface area contributed by atoms with Crippen LogP contribution < -0.4 is 9.47 Å². The Labute approximate surface area is 212 Å². The smallest absolute Gasteiger partial charge is 0.274 e. The molecule has 8 nitrogen and oxygen atoms in total. The van der Waals surface area contributed by atoms with Gasteiger partial charge in [0, 0.05) is 51.5 Å². The number of nitrogens with zero attached hydrogens (tertiary/aromatic N) is 4. The number of amides is 2. The lowest BCUT2D eigenvalue weighted by Gasteiger charge is -2.32. The second kappa shape index (κ2) is 10.9. The lowest BCUT2D eigenvalue weighted by atomic mass is 10.2. The number of likely N-dealkylation sites (N-methyl/N-ethyl adjacent to an activating group) is 1. The van der Waals surface area contributed by atoms with Crippen LogP contribution >= 0.6 is 0 Å². The summed E-state index contributed by atoms with van der Waals surface area (Å²) in [5.74, 6) is 0.759. The highest BCUT2D eigenvalue weighted by Gasteiger charge is 2.34. The van der Waals surface area contributed by atoms with Crippen LogP contribution in [0.2, 0.25) is 0 Å². The zero-order valence-electron chi connectivity index (χ0n) is 21.7. The van der Waals surface area contributed by atoms with E-state index in [-0.39, 0.29) is 18.4 Å². The summed E-state index contributed by atoms with van der Waals surface area (Å²) in [5.41, 5.74) is 3.09. The zero-order chi connectivity index (χ0) is 25.8. The van der Waals surface area contributed by atoms with E-state index >= 15 is 0 Å². The molecule has 2 aromatic carbocycles. The molecule has 0 atom stereocenters. The average Bonchev–Trinajstić information content (AvgIpc) is 3.19. The maximum atomic E-state index is 14.0. The molecule has 1 aliphatic rings. The first kappa shape index (κ1) is 25.3. The second-order valence-electron chi connectivity index (χ2n) is 9.25. The van der Waals surface area contributed by atoms with Crippen LogP contribution in [0.25, 0.3) is 5.69 Å². The molecule has 2 heterocycles. The molecule has 0 saturated carbocycles. The third-order valence-corrected chi connectivity index (χ3v) is 6.52. The van der Waals surface area contributed by atoms with Gasteiger partial charge in [-0.1, -0.05) is 30.3 Å². The van der Waals surface area contributed by atoms with Crippen LogP contribution in [0, 0.1) is 6.92 Å². The minimum absolute atomic E-state index is 0.112. The quantitative estimate of drug-likeness (QED) is 0.508. The minimum Gasteiger partial charge on any atom is -0.497 e. The molecule has 0 radical (unpaired) electrons. The number of rotatable bonds is 7. The van der Waals surface area contributed by atoms with Gasteiger partial charge in [0.25, 0.3) is 11.8 Å². The third kappa shape index (κ3) is 5.09. The Morgan fingerprint density at radius 3 is 2.14 bits per heavy atom. The summed E-state index contributed by atoms with van der Waals surface area (Å²) < 4.78 is 13.4. The van der Waals surface area contributed by atoms with Crippen LogP contribution in [0.1, 0.15) is 32.1 Å². The van der Waals surface area contributed by atoms with Crippen molar-refractivity contribution in [3.8, 4) is 17.2 Å². The summed E-state index contributed by atoms with van der Waals surface area (Å²) in [6.45, 7) is 4.99. The van der Waals surface area contributed by atoms with Crippen molar-refractivity contribution in [3.63, 3.8) is 0 Å². The second-order valence-corrected chi connectivity index (χ2v) is 9.25. The SMILES string of the molecule is COc1ccc(-n2c(C(=O)N3CCN(C)CC3)c(C)c(OCc3ccccc3)c2C(=O)N(C)C)cc1. The fraction of sp³-hybridized carbons (Fsp3) is 0.357. The highest BCUT2D eigenvalue weighted by molar-refractivity contribution is 6.03. The number of carbonyl (C=O) groups excluding carboxylic acids is 2. The predicted octanol–water partition coefficient (Wildman–Crippen LogP) is 3.46. The predicted molar refractivity (Wildman–Crippen MR) is 139 cm³/mol. The van der Waals surface area contributed by atoms with Crippen molar-refractivity contribution in [2.75, 3.05) is 54.4 Å². The molecule has 0 aliphatic carbocycles. The summed E-state index contributed by atoms with van der Waals surface area (Å²) in [4.78, 5) is 33.1. The molecule has 0 unspecified atom stereocenters. The van der Waals surface area contributed by atoms with E-state index in [2.05, 4.69) is 11.9 Å². The van der Waals surface area contributed by atoms with Gasteiger partial charge in [0.2, 0.25) is 0 Å². The molecule has 1 fully saturated rings. The van der Waals surface area contributed by atoms with E-state index < -0.39 is 0 Å². The van der Waals surface area contributed by atoms with E-state index in [0.29, 0.717) is 47.2 Å². The highest BCUT2D eigenvalue weighted by Crippen LogP contribution is 2.36. The van der Waals surface area contributed by atoms with Crippen molar-refractivity contribution >= 4 is 11.8 Å². The molecule has 1 aliphatic heterocycles. The van der Waals surface area contributed by atoms with Crippen LogP contribution in [0.5, 0.6) is 11.5 Å². The van der Waals surface area contributed by atoms with Gasteiger partial charge in [0.1, 0.15) is 18.1 Å². The van der Waals surface area contributed by atoms with Crippen molar-refractivity contribution in [3.05, 3.63) is 77.1 Å². The number of hydrogen-bond donors (Lipinski definition) is 0. The van der Waals surface area contributed by atoms with Gasteiger partial charge in [0.05, 0.1) is 7.11 Å². The van der Waals surface area contributed by atoms with Gasteiger partial charge in [0.15, 0.2) is 11.4 Å². The summed E-state index contributed by atoms with van der Waals surface area (Å²) in [7, 11) is 7.06. The molecule has 1 saturated heterocycles. The van der Waals surface area contributed by atoms with E-state index in [4.69, 9.17) is 9.47 Å². The maximum Gasteiger partial charge on any atom is 0.274 e. The van der Waals surface area contributed by atoms with Crippen molar-refractivity contribution in [1.82, 2.24) is 19.3 Å². The Hall–Kier alpha value is -3.78. The molecule has 4 rings (SSSR count). The van der Waals surface area contributed by atoms with E-state index in [1.807, 2.05) is 66.4 Å². The Morgan fingerprint density at radius 2 is 1.56 bits per heavy atom.